The van der Waals surface area contributed by atoms with Crippen LogP contribution < -0.4 is 0 Å². The molecule has 0 N–H and O–H groups in total. The predicted molar refractivity (Wildman–Crippen MR) is 74.2 cm³/mol. The Bertz CT molecular complexity index is 445. The summed E-state index contributed by atoms with van der Waals surface area (Å²) in [5, 5.41) is 0. The van der Waals surface area contributed by atoms with Crippen LogP contribution in [0.15, 0.2) is 11.6 Å². The lowest BCUT2D eigenvalue weighted by atomic mass is 9.58. The Labute approximate surface area is 111 Å². The van der Waals surface area contributed by atoms with E-state index in [1.165, 1.54) is 12.8 Å². The van der Waals surface area contributed by atoms with Crippen molar-refractivity contribution < 1.29 is 4.79 Å². The normalized spacial score (nSPS) is 48.8. The molecule has 0 aromatic carbocycles. The zero-order chi connectivity index (χ0) is 13.3. The largest absolute Gasteiger partial charge is 0.299 e. The minimum absolute atomic E-state index is 0.0686. The highest BCUT2D eigenvalue weighted by Gasteiger charge is 2.69. The maximum absolute atomic E-state index is 12.3. The lowest BCUT2D eigenvalue weighted by Gasteiger charge is -2.44. The molecule has 3 aliphatic rings. The first-order valence-corrected chi connectivity index (χ1v) is 7.43. The molecule has 100 valence electrons. The number of hydrogen-bond donors (Lipinski definition) is 0. The first kappa shape index (κ1) is 12.4. The van der Waals surface area contributed by atoms with E-state index in [9.17, 15) is 4.79 Å². The second kappa shape index (κ2) is 3.29. The smallest absolute Gasteiger partial charge is 0.136 e. The zero-order valence-corrected chi connectivity index (χ0v) is 12.5. The molecule has 2 fully saturated rings. The monoisotopic (exact) mass is 246 g/mol. The lowest BCUT2D eigenvalue weighted by molar-refractivity contribution is -0.132. The number of hydrogen-bond acceptors (Lipinski definition) is 1. The quantitative estimate of drug-likeness (QED) is 0.628. The van der Waals surface area contributed by atoms with Gasteiger partial charge >= 0.3 is 0 Å². The molecule has 3 aliphatic carbocycles. The average Bonchev–Trinajstić information content (AvgIpc) is 2.67. The van der Waals surface area contributed by atoms with Crippen LogP contribution in [0.1, 0.15) is 60.3 Å². The van der Waals surface area contributed by atoms with Crippen molar-refractivity contribution in [3.8, 4) is 0 Å². The third-order valence-corrected chi connectivity index (χ3v) is 7.18. The molecule has 2 bridgehead atoms. The van der Waals surface area contributed by atoms with Gasteiger partial charge in [-0.05, 0) is 62.2 Å². The summed E-state index contributed by atoms with van der Waals surface area (Å²) in [5.74, 6) is 1.86. The molecular formula is C17H26O. The first-order chi connectivity index (χ1) is 8.26. The van der Waals surface area contributed by atoms with Crippen LogP contribution in [0.4, 0.5) is 0 Å². The Morgan fingerprint density at radius 3 is 2.61 bits per heavy atom. The molecule has 0 saturated heterocycles. The zero-order valence-electron chi connectivity index (χ0n) is 12.5. The van der Waals surface area contributed by atoms with Gasteiger partial charge in [0.2, 0.25) is 0 Å². The molecule has 1 heteroatoms. The third kappa shape index (κ3) is 1.12. The van der Waals surface area contributed by atoms with Gasteiger partial charge in [0.1, 0.15) is 5.78 Å². The number of carbonyl (C=O) groups excluding carboxylic acids is 1. The van der Waals surface area contributed by atoms with Crippen LogP contribution in [0.3, 0.4) is 0 Å². The molecule has 3 rings (SSSR count). The van der Waals surface area contributed by atoms with Gasteiger partial charge in [-0.25, -0.2) is 0 Å². The molecule has 1 nitrogen and oxygen atoms in total. The summed E-state index contributed by atoms with van der Waals surface area (Å²) in [4.78, 5) is 12.3. The van der Waals surface area contributed by atoms with Gasteiger partial charge in [-0.3, -0.25) is 4.79 Å². The molecule has 0 unspecified atom stereocenters. The summed E-state index contributed by atoms with van der Waals surface area (Å²) >= 11 is 0. The number of allylic oxidation sites excluding steroid dienone is 2. The van der Waals surface area contributed by atoms with E-state index in [1.54, 1.807) is 5.57 Å². The van der Waals surface area contributed by atoms with Gasteiger partial charge in [0.15, 0.2) is 0 Å². The van der Waals surface area contributed by atoms with Crippen molar-refractivity contribution in [2.24, 2.45) is 28.1 Å². The number of fused-ring (bicyclic) bond motifs is 1. The molecule has 1 spiro atoms. The number of rotatable bonds is 1. The van der Waals surface area contributed by atoms with E-state index in [0.717, 1.165) is 18.8 Å². The van der Waals surface area contributed by atoms with Crippen LogP contribution in [0, 0.1) is 28.1 Å². The van der Waals surface area contributed by atoms with E-state index in [2.05, 4.69) is 33.8 Å². The standard InChI is InChI=1S/C17H26O/c1-11-6-9-17-10-13(11)15(3,4)14(17)7-8-16(17,5)12(2)18/h6,13-14H,7-10H2,1-5H3/t13-,14-,16+,17+/m0/s1. The van der Waals surface area contributed by atoms with E-state index in [4.69, 9.17) is 0 Å². The molecular weight excluding hydrogens is 220 g/mol. The first-order valence-electron chi connectivity index (χ1n) is 7.43. The van der Waals surface area contributed by atoms with Gasteiger partial charge < -0.3 is 0 Å². The Balaban J connectivity index is 2.16. The highest BCUT2D eigenvalue weighted by molar-refractivity contribution is 5.83. The van der Waals surface area contributed by atoms with Gasteiger partial charge in [-0.2, -0.15) is 0 Å². The van der Waals surface area contributed by atoms with Gasteiger partial charge in [0.05, 0.1) is 0 Å². The van der Waals surface area contributed by atoms with E-state index in [-0.39, 0.29) is 10.8 Å². The molecule has 0 aromatic heterocycles. The minimum Gasteiger partial charge on any atom is -0.299 e. The molecule has 0 heterocycles. The van der Waals surface area contributed by atoms with Gasteiger partial charge in [0.25, 0.3) is 0 Å². The van der Waals surface area contributed by atoms with Gasteiger partial charge in [0, 0.05) is 5.41 Å². The number of carbonyl (C=O) groups is 1. The lowest BCUT2D eigenvalue weighted by Crippen LogP contribution is -2.43. The van der Waals surface area contributed by atoms with Crippen molar-refractivity contribution in [2.45, 2.75) is 60.3 Å². The second-order valence-electron chi connectivity index (χ2n) is 7.87. The molecule has 0 aliphatic heterocycles. The summed E-state index contributed by atoms with van der Waals surface area (Å²) in [7, 11) is 0. The Morgan fingerprint density at radius 2 is 2.00 bits per heavy atom. The Kier molecular flexibility index (Phi) is 2.28. The molecule has 0 amide bonds. The summed E-state index contributed by atoms with van der Waals surface area (Å²) in [6.07, 6.45) is 7.20. The minimum atomic E-state index is -0.0686. The maximum atomic E-state index is 12.3. The van der Waals surface area contributed by atoms with Crippen LogP contribution >= 0.6 is 0 Å². The van der Waals surface area contributed by atoms with E-state index in [1.807, 2.05) is 6.92 Å². The maximum Gasteiger partial charge on any atom is 0.136 e. The third-order valence-electron chi connectivity index (χ3n) is 7.18. The molecule has 0 radical (unpaired) electrons. The van der Waals surface area contributed by atoms with Crippen LogP contribution in [0.2, 0.25) is 0 Å². The fraction of sp³-hybridized carbons (Fsp3) is 0.824. The van der Waals surface area contributed by atoms with Crippen molar-refractivity contribution in [1.29, 1.82) is 0 Å². The molecule has 4 atom stereocenters. The average molecular weight is 246 g/mol. The SMILES string of the molecule is CC(=O)[C@@]1(C)CC[C@H]2C(C)(C)[C@H]3C[C@]21CC=C3C. The number of Topliss-reactive ketones (excluding diaryl/α,β-unsaturated/α-hetero) is 1. The van der Waals surface area contributed by atoms with Crippen LogP contribution in [-0.2, 0) is 4.79 Å². The second-order valence-corrected chi connectivity index (χ2v) is 7.87. The topological polar surface area (TPSA) is 17.1 Å². The Morgan fingerprint density at radius 1 is 1.33 bits per heavy atom. The van der Waals surface area contributed by atoms with Crippen LogP contribution in [0.5, 0.6) is 0 Å². The van der Waals surface area contributed by atoms with E-state index < -0.39 is 0 Å². The fourth-order valence-corrected chi connectivity index (χ4v) is 5.88. The van der Waals surface area contributed by atoms with Crippen molar-refractivity contribution in [1.82, 2.24) is 0 Å². The predicted octanol–water partition coefficient (Wildman–Crippen LogP) is 4.37. The van der Waals surface area contributed by atoms with Crippen LogP contribution in [-0.4, -0.2) is 5.78 Å². The molecule has 2 saturated carbocycles. The van der Waals surface area contributed by atoms with Crippen molar-refractivity contribution in [3.63, 3.8) is 0 Å². The summed E-state index contributed by atoms with van der Waals surface area (Å²) in [6, 6.07) is 0. The van der Waals surface area contributed by atoms with Crippen molar-refractivity contribution >= 4 is 5.78 Å². The summed E-state index contributed by atoms with van der Waals surface area (Å²) in [5.41, 5.74) is 2.16. The molecule has 18 heavy (non-hydrogen) atoms. The summed E-state index contributed by atoms with van der Waals surface area (Å²) < 4.78 is 0. The van der Waals surface area contributed by atoms with E-state index >= 15 is 0 Å². The van der Waals surface area contributed by atoms with Gasteiger partial charge in [-0.15, -0.1) is 0 Å². The fourth-order valence-electron chi connectivity index (χ4n) is 5.88. The van der Waals surface area contributed by atoms with Crippen molar-refractivity contribution in [3.05, 3.63) is 11.6 Å². The van der Waals surface area contributed by atoms with E-state index in [0.29, 0.717) is 17.1 Å². The van der Waals surface area contributed by atoms with Crippen molar-refractivity contribution in [2.75, 3.05) is 0 Å². The highest BCUT2D eigenvalue weighted by atomic mass is 16.1. The van der Waals surface area contributed by atoms with Gasteiger partial charge in [-0.1, -0.05) is 32.4 Å². The molecule has 0 aromatic rings. The highest BCUT2D eigenvalue weighted by Crippen LogP contribution is 2.75. The summed E-state index contributed by atoms with van der Waals surface area (Å²) in [6.45, 7) is 11.3. The number of ketones is 1. The van der Waals surface area contributed by atoms with Crippen LogP contribution in [0.25, 0.3) is 0 Å². The Hall–Kier alpha value is -0.590.